The van der Waals surface area contributed by atoms with E-state index in [0.29, 0.717) is 4.28 Å². The summed E-state index contributed by atoms with van der Waals surface area (Å²) in [5.74, 6) is 0. The number of carbonyl (C=O) groups excluding carboxylic acids is 2. The monoisotopic (exact) mass is 174 g/mol. The number of carbonyl (C=O) groups is 2. The topological polar surface area (TPSA) is 80.3 Å². The van der Waals surface area contributed by atoms with Gasteiger partial charge in [0.25, 0.3) is 0 Å². The van der Waals surface area contributed by atoms with Crippen molar-refractivity contribution in [2.24, 2.45) is 0 Å². The Kier molecular flexibility index (Phi) is 18.6. The van der Waals surface area contributed by atoms with Crippen LogP contribution in [0.15, 0.2) is 0 Å². The van der Waals surface area contributed by atoms with Crippen LogP contribution in [0.3, 0.4) is 0 Å². The Bertz CT molecular complexity index is 75.1. The number of carboxylic acid groups (broad SMARTS) is 2. The summed E-state index contributed by atoms with van der Waals surface area (Å²) in [5.41, 5.74) is 0. The van der Waals surface area contributed by atoms with Gasteiger partial charge in [-0.1, -0.05) is 0 Å². The van der Waals surface area contributed by atoms with Gasteiger partial charge in [0.15, 0.2) is 0 Å². The molecule has 4 nitrogen and oxygen atoms in total. The molecule has 0 bridgehead atoms. The fraction of sp³-hybridized carbons (Fsp3) is 0.667. The van der Waals surface area contributed by atoms with Gasteiger partial charge in [-0.2, -0.15) is 0 Å². The second kappa shape index (κ2) is 12.2. The van der Waals surface area contributed by atoms with Gasteiger partial charge in [-0.05, 0) is 0 Å². The first-order valence-corrected chi connectivity index (χ1v) is 3.31. The molecular formula is C6H11AlO4. The third-order valence-electron chi connectivity index (χ3n) is 0. The average molecular weight is 174 g/mol. The minimum absolute atomic E-state index is 0.417. The van der Waals surface area contributed by atoms with Crippen LogP contribution in [0.25, 0.3) is 0 Å². The predicted molar refractivity (Wildman–Crippen MR) is 37.6 cm³/mol. The van der Waals surface area contributed by atoms with E-state index in [-0.39, 0.29) is 0 Å². The van der Waals surface area contributed by atoms with Crippen molar-refractivity contribution in [3.63, 3.8) is 0 Å². The maximum absolute atomic E-state index is 8.25. The van der Waals surface area contributed by atoms with Crippen molar-refractivity contribution >= 4 is 29.2 Å². The van der Waals surface area contributed by atoms with Gasteiger partial charge in [0, 0.05) is 12.9 Å². The Balaban J connectivity index is -0.0000000933. The van der Waals surface area contributed by atoms with Crippen LogP contribution in [-0.4, -0.2) is 29.2 Å². The summed E-state index contributed by atoms with van der Waals surface area (Å²) in [6, 6.07) is 0. The summed E-state index contributed by atoms with van der Waals surface area (Å²) in [5, 5.41) is 16.5. The van der Waals surface area contributed by atoms with Crippen LogP contribution in [0.4, 0.5) is 0 Å². The molecule has 0 unspecified atom stereocenters. The summed E-state index contributed by atoms with van der Waals surface area (Å²) in [6.45, 7) is 5.45. The molecule has 0 saturated heterocycles. The zero-order valence-corrected chi connectivity index (χ0v) is 8.02. The fourth-order valence-corrected chi connectivity index (χ4v) is 0. The molecule has 0 spiro atoms. The number of hydrogen-bond donors (Lipinski definition) is 0. The van der Waals surface area contributed by atoms with Crippen molar-refractivity contribution in [2.75, 3.05) is 0 Å². The predicted octanol–water partition coefficient (Wildman–Crippen LogP) is -1.89. The van der Waals surface area contributed by atoms with Gasteiger partial charge in [0.2, 0.25) is 0 Å². The van der Waals surface area contributed by atoms with Crippen molar-refractivity contribution in [1.29, 1.82) is 0 Å². The molecule has 0 atom stereocenters. The van der Waals surface area contributed by atoms with E-state index in [2.05, 4.69) is 37.1 Å². The van der Waals surface area contributed by atoms with E-state index in [9.17, 15) is 0 Å². The normalized spacial score (nSPS) is 7.73. The molecule has 0 aromatic carbocycles. The molecule has 0 aromatic heterocycles. The number of hydrogen-bond acceptors (Lipinski definition) is 4. The van der Waals surface area contributed by atoms with Crippen molar-refractivity contribution in [1.82, 2.24) is 0 Å². The molecular weight excluding hydrogens is 163 g/mol. The van der Waals surface area contributed by atoms with E-state index in [0.717, 1.165) is 0 Å². The summed E-state index contributed by atoms with van der Waals surface area (Å²) >= 11 is 2.72. The Hall–Kier alpha value is -0.528. The van der Waals surface area contributed by atoms with Gasteiger partial charge >= 0.3 is 41.3 Å². The molecule has 0 rings (SSSR count). The van der Waals surface area contributed by atoms with Crippen LogP contribution in [0.2, 0.25) is 4.28 Å². The van der Waals surface area contributed by atoms with Gasteiger partial charge in [-0.15, -0.1) is 0 Å². The molecule has 0 aliphatic carbocycles. The second-order valence-corrected chi connectivity index (χ2v) is 4.29. The Morgan fingerprint density at radius 3 is 1.09 bits per heavy atom. The first kappa shape index (κ1) is 16.8. The van der Waals surface area contributed by atoms with E-state index in [1.54, 1.807) is 0 Å². The van der Waals surface area contributed by atoms with E-state index < -0.39 is 12.9 Å². The quantitative estimate of drug-likeness (QED) is 0.317. The molecule has 0 aliphatic heterocycles. The molecule has 0 radical (unpaired) electrons. The SMILES string of the molecule is C[C](C)(C)[Al+2].O=C[O-].O=C[O-]. The van der Waals surface area contributed by atoms with E-state index >= 15 is 0 Å². The van der Waals surface area contributed by atoms with E-state index in [1.807, 2.05) is 0 Å². The van der Waals surface area contributed by atoms with Crippen molar-refractivity contribution in [3.8, 4) is 0 Å². The summed E-state index contributed by atoms with van der Waals surface area (Å²) in [6.07, 6.45) is 0. The molecule has 11 heavy (non-hydrogen) atoms. The first-order chi connectivity index (χ1) is 4.83. The van der Waals surface area contributed by atoms with Crippen LogP contribution in [0.1, 0.15) is 20.8 Å². The van der Waals surface area contributed by atoms with E-state index in [1.165, 1.54) is 0 Å². The van der Waals surface area contributed by atoms with Crippen molar-refractivity contribution in [3.05, 3.63) is 0 Å². The van der Waals surface area contributed by atoms with Gasteiger partial charge in [0.1, 0.15) is 0 Å². The fourth-order valence-electron chi connectivity index (χ4n) is 0. The van der Waals surface area contributed by atoms with Crippen LogP contribution in [0.5, 0.6) is 0 Å². The average Bonchev–Trinajstić information content (AvgIpc) is 1.62. The maximum Gasteiger partial charge on any atom is 0.0275 e. The van der Waals surface area contributed by atoms with E-state index in [4.69, 9.17) is 19.8 Å². The van der Waals surface area contributed by atoms with Gasteiger partial charge in [-0.3, -0.25) is 0 Å². The van der Waals surface area contributed by atoms with Crippen molar-refractivity contribution < 1.29 is 19.8 Å². The molecule has 62 valence electrons. The summed E-state index contributed by atoms with van der Waals surface area (Å²) in [4.78, 5) is 16.5. The van der Waals surface area contributed by atoms with Crippen LogP contribution >= 0.6 is 0 Å². The minimum atomic E-state index is -0.500. The zero-order valence-electron chi connectivity index (χ0n) is 6.87. The molecule has 0 aromatic rings. The molecule has 0 heterocycles. The van der Waals surface area contributed by atoms with Crippen LogP contribution < -0.4 is 10.2 Å². The van der Waals surface area contributed by atoms with Gasteiger partial charge in [-0.25, -0.2) is 0 Å². The third kappa shape index (κ3) is 1900. The second-order valence-electron chi connectivity index (χ2n) is 2.56. The molecule has 5 heteroatoms. The Labute approximate surface area is 74.6 Å². The maximum atomic E-state index is 8.25. The largest absolute Gasteiger partial charge is 0.554 e. The smallest absolute Gasteiger partial charge is 0.0275 e. The summed E-state index contributed by atoms with van der Waals surface area (Å²) < 4.78 is 0.417. The first-order valence-electron chi connectivity index (χ1n) is 2.73. The van der Waals surface area contributed by atoms with Crippen molar-refractivity contribution in [2.45, 2.75) is 25.0 Å². The Morgan fingerprint density at radius 2 is 1.09 bits per heavy atom. The molecule has 0 N–H and O–H groups in total. The number of rotatable bonds is 0. The molecule has 0 aliphatic rings. The zero-order chi connectivity index (χ0) is 9.91. The molecule has 0 fully saturated rings. The summed E-state index contributed by atoms with van der Waals surface area (Å²) in [7, 11) is 0. The Morgan fingerprint density at radius 1 is 1.09 bits per heavy atom. The van der Waals surface area contributed by atoms with Crippen LogP contribution in [-0.2, 0) is 9.59 Å². The third-order valence-corrected chi connectivity index (χ3v) is 0. The van der Waals surface area contributed by atoms with Gasteiger partial charge < -0.3 is 19.8 Å². The molecule has 0 amide bonds. The minimum Gasteiger partial charge on any atom is -0.554 e. The van der Waals surface area contributed by atoms with Crippen LogP contribution in [0, 0.1) is 0 Å². The standard InChI is InChI=1S/C4H9.2CH2O2.Al/c1-4(2)3;2*2-1-3;/h1-3H3;2*1H,(H,2,3);/q;;;+2/p-2. The van der Waals surface area contributed by atoms with Gasteiger partial charge in [0.05, 0.1) is 0 Å². The molecule has 0 saturated carbocycles.